The highest BCUT2D eigenvalue weighted by atomic mass is 35.5. The molecule has 0 aromatic carbocycles. The Morgan fingerprint density at radius 3 is 2.39 bits per heavy atom. The number of carbonyl (C=O) groups is 2. The highest BCUT2D eigenvalue weighted by molar-refractivity contribution is 6.33. The molecule has 1 fully saturated rings. The van der Waals surface area contributed by atoms with Crippen molar-refractivity contribution >= 4 is 29.2 Å². The lowest BCUT2D eigenvalue weighted by atomic mass is 9.90. The lowest BCUT2D eigenvalue weighted by molar-refractivity contribution is 0.0903. The molecular formula is C20H24ClN5O2. The molecule has 0 radical (unpaired) electrons. The Hall–Kier alpha value is -2.67. The van der Waals surface area contributed by atoms with E-state index in [4.69, 9.17) is 11.6 Å². The maximum Gasteiger partial charge on any atom is 0.255 e. The van der Waals surface area contributed by atoms with Gasteiger partial charge in [-0.2, -0.15) is 0 Å². The number of aromatic nitrogens is 2. The van der Waals surface area contributed by atoms with Gasteiger partial charge in [0, 0.05) is 44.8 Å². The molecule has 0 spiro atoms. The van der Waals surface area contributed by atoms with Crippen LogP contribution in [0, 0.1) is 0 Å². The Kier molecular flexibility index (Phi) is 6.46. The van der Waals surface area contributed by atoms with Gasteiger partial charge in [-0.15, -0.1) is 0 Å². The van der Waals surface area contributed by atoms with E-state index in [9.17, 15) is 9.59 Å². The summed E-state index contributed by atoms with van der Waals surface area (Å²) in [5, 5.41) is 6.44. The van der Waals surface area contributed by atoms with Crippen LogP contribution in [-0.4, -0.2) is 48.0 Å². The molecule has 2 aromatic heterocycles. The summed E-state index contributed by atoms with van der Waals surface area (Å²) in [5.41, 5.74) is 0.955. The van der Waals surface area contributed by atoms with Gasteiger partial charge in [0.1, 0.15) is 5.82 Å². The van der Waals surface area contributed by atoms with Gasteiger partial charge in [-0.05, 0) is 43.9 Å². The van der Waals surface area contributed by atoms with Gasteiger partial charge in [-0.3, -0.25) is 14.6 Å². The van der Waals surface area contributed by atoms with Gasteiger partial charge in [0.15, 0.2) is 0 Å². The Labute approximate surface area is 169 Å². The topological polar surface area (TPSA) is 87.2 Å². The summed E-state index contributed by atoms with van der Waals surface area (Å²) in [6, 6.07) is 5.10. The van der Waals surface area contributed by atoms with Crippen molar-refractivity contribution < 1.29 is 9.59 Å². The maximum atomic E-state index is 12.7. The van der Waals surface area contributed by atoms with Crippen LogP contribution in [0.4, 0.5) is 5.82 Å². The van der Waals surface area contributed by atoms with Crippen LogP contribution in [-0.2, 0) is 0 Å². The Morgan fingerprint density at radius 1 is 1.07 bits per heavy atom. The third-order valence-electron chi connectivity index (χ3n) is 4.82. The van der Waals surface area contributed by atoms with Crippen LogP contribution in [0.1, 0.15) is 46.4 Å². The first kappa shape index (κ1) is 20.1. The minimum absolute atomic E-state index is 0.00493. The van der Waals surface area contributed by atoms with Gasteiger partial charge in [-0.1, -0.05) is 11.6 Å². The second kappa shape index (κ2) is 9.01. The van der Waals surface area contributed by atoms with Crippen molar-refractivity contribution in [3.05, 3.63) is 52.9 Å². The third kappa shape index (κ3) is 4.78. The van der Waals surface area contributed by atoms with Crippen molar-refractivity contribution in [2.75, 3.05) is 19.0 Å². The predicted molar refractivity (Wildman–Crippen MR) is 109 cm³/mol. The van der Waals surface area contributed by atoms with E-state index in [1.165, 1.54) is 6.20 Å². The van der Waals surface area contributed by atoms with E-state index in [1.807, 2.05) is 19.0 Å². The SMILES string of the molecule is CN(C)c1ncccc1C(=O)N[C@@H]1CCC[C@@H](NC(=O)c2ccncc2Cl)C1. The summed E-state index contributed by atoms with van der Waals surface area (Å²) < 4.78 is 0. The first-order valence-corrected chi connectivity index (χ1v) is 9.67. The van der Waals surface area contributed by atoms with Crippen molar-refractivity contribution in [3.8, 4) is 0 Å². The van der Waals surface area contributed by atoms with Crippen LogP contribution < -0.4 is 15.5 Å². The molecule has 7 nitrogen and oxygen atoms in total. The summed E-state index contributed by atoms with van der Waals surface area (Å²) >= 11 is 6.05. The minimum Gasteiger partial charge on any atom is -0.362 e. The first-order chi connectivity index (χ1) is 13.5. The number of hydrogen-bond acceptors (Lipinski definition) is 5. The van der Waals surface area contributed by atoms with Gasteiger partial charge < -0.3 is 15.5 Å². The summed E-state index contributed by atoms with van der Waals surface area (Å²) in [6.07, 6.45) is 8.02. The van der Waals surface area contributed by atoms with E-state index in [0.29, 0.717) is 28.4 Å². The molecule has 3 rings (SSSR count). The van der Waals surface area contributed by atoms with Crippen LogP contribution in [0.25, 0.3) is 0 Å². The molecular weight excluding hydrogens is 378 g/mol. The predicted octanol–water partition coefficient (Wildman–Crippen LogP) is 2.67. The molecule has 2 N–H and O–H groups in total. The highest BCUT2D eigenvalue weighted by Crippen LogP contribution is 2.22. The van der Waals surface area contributed by atoms with E-state index >= 15 is 0 Å². The fourth-order valence-electron chi connectivity index (χ4n) is 3.47. The zero-order valence-electron chi connectivity index (χ0n) is 16.0. The molecule has 1 aliphatic rings. The Bertz CT molecular complexity index is 858. The molecule has 0 unspecified atom stereocenters. The number of amides is 2. The molecule has 0 bridgehead atoms. The molecule has 0 aliphatic heterocycles. The number of halogens is 1. The number of hydrogen-bond donors (Lipinski definition) is 2. The van der Waals surface area contributed by atoms with Crippen molar-refractivity contribution in [2.24, 2.45) is 0 Å². The lowest BCUT2D eigenvalue weighted by Crippen LogP contribution is -2.46. The van der Waals surface area contributed by atoms with Gasteiger partial charge in [0.2, 0.25) is 0 Å². The molecule has 148 valence electrons. The number of anilines is 1. The average Bonchev–Trinajstić information content (AvgIpc) is 2.68. The largest absolute Gasteiger partial charge is 0.362 e. The smallest absolute Gasteiger partial charge is 0.255 e. The third-order valence-corrected chi connectivity index (χ3v) is 5.12. The molecule has 8 heteroatoms. The monoisotopic (exact) mass is 401 g/mol. The van der Waals surface area contributed by atoms with Crippen LogP contribution in [0.15, 0.2) is 36.8 Å². The van der Waals surface area contributed by atoms with Crippen LogP contribution in [0.2, 0.25) is 5.02 Å². The van der Waals surface area contributed by atoms with Crippen molar-refractivity contribution in [1.29, 1.82) is 0 Å². The number of carbonyl (C=O) groups excluding carboxylic acids is 2. The lowest BCUT2D eigenvalue weighted by Gasteiger charge is -2.30. The van der Waals surface area contributed by atoms with Crippen LogP contribution >= 0.6 is 11.6 Å². The van der Waals surface area contributed by atoms with Gasteiger partial charge >= 0.3 is 0 Å². The second-order valence-electron chi connectivity index (χ2n) is 7.13. The Balaban J connectivity index is 1.62. The molecule has 1 saturated carbocycles. The van der Waals surface area contributed by atoms with Crippen molar-refractivity contribution in [1.82, 2.24) is 20.6 Å². The van der Waals surface area contributed by atoms with Crippen molar-refractivity contribution in [3.63, 3.8) is 0 Å². The fraction of sp³-hybridized carbons (Fsp3) is 0.400. The molecule has 2 atom stereocenters. The average molecular weight is 402 g/mol. The van der Waals surface area contributed by atoms with E-state index in [-0.39, 0.29) is 23.9 Å². The van der Waals surface area contributed by atoms with E-state index < -0.39 is 0 Å². The van der Waals surface area contributed by atoms with Crippen LogP contribution in [0.5, 0.6) is 0 Å². The van der Waals surface area contributed by atoms with Gasteiger partial charge in [-0.25, -0.2) is 4.98 Å². The summed E-state index contributed by atoms with van der Waals surface area (Å²) in [6.45, 7) is 0. The minimum atomic E-state index is -0.216. The number of rotatable bonds is 5. The zero-order valence-corrected chi connectivity index (χ0v) is 16.7. The molecule has 2 heterocycles. The molecule has 28 heavy (non-hydrogen) atoms. The van der Waals surface area contributed by atoms with Crippen LogP contribution in [0.3, 0.4) is 0 Å². The Morgan fingerprint density at radius 2 is 1.75 bits per heavy atom. The normalized spacial score (nSPS) is 19.0. The zero-order chi connectivity index (χ0) is 20.1. The number of nitrogens with one attached hydrogen (secondary N) is 2. The first-order valence-electron chi connectivity index (χ1n) is 9.29. The van der Waals surface area contributed by atoms with E-state index in [2.05, 4.69) is 20.6 Å². The highest BCUT2D eigenvalue weighted by Gasteiger charge is 2.26. The maximum absolute atomic E-state index is 12.7. The standard InChI is InChI=1S/C20H24ClN5O2/c1-26(2)18-16(7-4-9-23-18)20(28)25-14-6-3-5-13(11-14)24-19(27)15-8-10-22-12-17(15)21/h4,7-10,12-14H,3,5-6,11H2,1-2H3,(H,24,27)(H,25,28)/t13-,14-/m1/s1. The van der Waals surface area contributed by atoms with Crippen molar-refractivity contribution in [2.45, 2.75) is 37.8 Å². The number of nitrogens with zero attached hydrogens (tertiary/aromatic N) is 3. The number of pyridine rings is 2. The quantitative estimate of drug-likeness (QED) is 0.804. The molecule has 0 saturated heterocycles. The molecule has 1 aliphatic carbocycles. The van der Waals surface area contributed by atoms with Gasteiger partial charge in [0.25, 0.3) is 11.8 Å². The fourth-order valence-corrected chi connectivity index (χ4v) is 3.67. The van der Waals surface area contributed by atoms with E-state index in [0.717, 1.165) is 19.3 Å². The molecule has 2 amide bonds. The molecule has 2 aromatic rings. The summed E-state index contributed by atoms with van der Waals surface area (Å²) in [7, 11) is 3.71. The summed E-state index contributed by atoms with van der Waals surface area (Å²) in [5.74, 6) is 0.269. The van der Waals surface area contributed by atoms with Gasteiger partial charge in [0.05, 0.1) is 16.1 Å². The van der Waals surface area contributed by atoms with E-state index in [1.54, 1.807) is 30.6 Å². The second-order valence-corrected chi connectivity index (χ2v) is 7.54. The summed E-state index contributed by atoms with van der Waals surface area (Å²) in [4.78, 5) is 35.2.